The number of hydrogen-bond donors (Lipinski definition) is 0. The van der Waals surface area contributed by atoms with Crippen LogP contribution in [-0.4, -0.2) is 28.7 Å². The number of nitrogens with zero attached hydrogens (tertiary/aromatic N) is 3. The lowest BCUT2D eigenvalue weighted by Gasteiger charge is -2.18. The second kappa shape index (κ2) is 9.76. The number of nitriles is 1. The molecule has 0 N–H and O–H groups in total. The number of ether oxygens (including phenoxy) is 1. The number of thioether (sulfide) groups is 1. The molecule has 1 saturated heterocycles. The van der Waals surface area contributed by atoms with E-state index in [2.05, 4.69) is 15.9 Å². The summed E-state index contributed by atoms with van der Waals surface area (Å²) in [5, 5.41) is 20.2. The van der Waals surface area contributed by atoms with Crippen LogP contribution in [0.3, 0.4) is 0 Å². The minimum absolute atomic E-state index is 0.0716. The highest BCUT2D eigenvalue weighted by atomic mass is 79.9. The first-order valence-electron chi connectivity index (χ1n) is 9.16. The van der Waals surface area contributed by atoms with E-state index < -0.39 is 16.1 Å². The molecule has 1 aliphatic heterocycles. The maximum absolute atomic E-state index is 13.3. The summed E-state index contributed by atoms with van der Waals surface area (Å²) in [4.78, 5) is 37.5. The summed E-state index contributed by atoms with van der Waals surface area (Å²) in [5.41, 5.74) is 0.767. The third kappa shape index (κ3) is 4.95. The van der Waals surface area contributed by atoms with Gasteiger partial charge in [-0.3, -0.25) is 19.8 Å². The van der Waals surface area contributed by atoms with Gasteiger partial charge in [-0.2, -0.15) is 5.26 Å². The number of benzene rings is 2. The Labute approximate surface area is 190 Å². The van der Waals surface area contributed by atoms with Gasteiger partial charge in [-0.25, -0.2) is 4.79 Å². The average Bonchev–Trinajstić information content (AvgIpc) is 3.05. The molecule has 3 rings (SSSR count). The predicted octanol–water partition coefficient (Wildman–Crippen LogP) is 4.35. The van der Waals surface area contributed by atoms with Crippen molar-refractivity contribution in [2.45, 2.75) is 18.6 Å². The number of non-ortho nitro benzene ring substituents is 1. The number of nitro groups is 1. The fourth-order valence-electron chi connectivity index (χ4n) is 3.01. The number of anilines is 1. The van der Waals surface area contributed by atoms with E-state index in [1.165, 1.54) is 17.0 Å². The number of hydrogen-bond acceptors (Lipinski definition) is 7. The second-order valence-electron chi connectivity index (χ2n) is 6.40. The van der Waals surface area contributed by atoms with E-state index in [9.17, 15) is 25.0 Å². The molecule has 0 spiro atoms. The first kappa shape index (κ1) is 22.5. The van der Waals surface area contributed by atoms with Crippen molar-refractivity contribution in [2.24, 2.45) is 0 Å². The molecule has 1 amide bonds. The predicted molar refractivity (Wildman–Crippen MR) is 119 cm³/mol. The summed E-state index contributed by atoms with van der Waals surface area (Å²) < 4.78 is 5.79. The van der Waals surface area contributed by atoms with Crippen LogP contribution < -0.4 is 4.90 Å². The molecule has 10 heteroatoms. The van der Waals surface area contributed by atoms with Crippen LogP contribution in [0.5, 0.6) is 0 Å². The zero-order valence-electron chi connectivity index (χ0n) is 16.3. The SMILES string of the molecule is CCOC(=O)/C(C#N)=C1\SC(Cc2cccc([N+](=O)[O-])c2)C(=O)N1c1ccc(Br)cc1. The molecule has 0 saturated carbocycles. The topological polar surface area (TPSA) is 114 Å². The van der Waals surface area contributed by atoms with Gasteiger partial charge in [-0.05, 0) is 43.2 Å². The third-order valence-corrected chi connectivity index (χ3v) is 6.18. The molecule has 8 nitrogen and oxygen atoms in total. The Balaban J connectivity index is 2.03. The van der Waals surface area contributed by atoms with Gasteiger partial charge in [0.05, 0.1) is 16.8 Å². The van der Waals surface area contributed by atoms with Crippen LogP contribution in [-0.2, 0) is 20.7 Å². The van der Waals surface area contributed by atoms with Gasteiger partial charge in [0.25, 0.3) is 5.69 Å². The van der Waals surface area contributed by atoms with E-state index in [4.69, 9.17) is 4.74 Å². The standard InChI is InChI=1S/C21H16BrN3O5S/c1-2-30-21(27)17(12-23)20-24(15-8-6-14(22)7-9-15)19(26)18(31-20)11-13-4-3-5-16(10-13)25(28)29/h3-10,18H,2,11H2,1H3/b20-17-. The van der Waals surface area contributed by atoms with Gasteiger partial charge in [-0.15, -0.1) is 0 Å². The van der Waals surface area contributed by atoms with Crippen LogP contribution in [0.25, 0.3) is 0 Å². The molecule has 31 heavy (non-hydrogen) atoms. The van der Waals surface area contributed by atoms with Crippen molar-refractivity contribution < 1.29 is 19.2 Å². The highest BCUT2D eigenvalue weighted by Gasteiger charge is 2.41. The van der Waals surface area contributed by atoms with E-state index >= 15 is 0 Å². The Kier molecular flexibility index (Phi) is 7.09. The number of amides is 1. The summed E-state index contributed by atoms with van der Waals surface area (Å²) >= 11 is 4.42. The van der Waals surface area contributed by atoms with Gasteiger partial charge in [0.1, 0.15) is 11.1 Å². The average molecular weight is 502 g/mol. The Morgan fingerprint density at radius 3 is 2.65 bits per heavy atom. The largest absolute Gasteiger partial charge is 0.462 e. The van der Waals surface area contributed by atoms with Gasteiger partial charge in [0, 0.05) is 22.3 Å². The summed E-state index contributed by atoms with van der Waals surface area (Å²) in [6.07, 6.45) is 0.198. The van der Waals surface area contributed by atoms with Gasteiger partial charge in [-0.1, -0.05) is 39.8 Å². The van der Waals surface area contributed by atoms with Gasteiger partial charge >= 0.3 is 5.97 Å². The maximum Gasteiger partial charge on any atom is 0.351 e. The second-order valence-corrected chi connectivity index (χ2v) is 8.51. The van der Waals surface area contributed by atoms with Crippen LogP contribution in [0.4, 0.5) is 11.4 Å². The zero-order valence-corrected chi connectivity index (χ0v) is 18.7. The lowest BCUT2D eigenvalue weighted by Crippen LogP contribution is -2.30. The Morgan fingerprint density at radius 2 is 2.03 bits per heavy atom. The first-order valence-corrected chi connectivity index (χ1v) is 10.8. The molecule has 1 atom stereocenters. The molecule has 1 fully saturated rings. The van der Waals surface area contributed by atoms with E-state index in [0.717, 1.165) is 16.2 Å². The Hall–Kier alpha value is -3.16. The minimum Gasteiger partial charge on any atom is -0.462 e. The summed E-state index contributed by atoms with van der Waals surface area (Å²) in [7, 11) is 0. The van der Waals surface area contributed by atoms with Crippen LogP contribution in [0.1, 0.15) is 12.5 Å². The van der Waals surface area contributed by atoms with Crippen LogP contribution >= 0.6 is 27.7 Å². The molecule has 0 aromatic heterocycles. The summed E-state index contributed by atoms with van der Waals surface area (Å²) in [6, 6.07) is 14.8. The molecule has 1 aliphatic rings. The Bertz CT molecular complexity index is 1110. The molecule has 0 radical (unpaired) electrons. The number of nitro benzene ring substituents is 1. The lowest BCUT2D eigenvalue weighted by atomic mass is 10.1. The van der Waals surface area contributed by atoms with Crippen molar-refractivity contribution in [1.29, 1.82) is 5.26 Å². The van der Waals surface area contributed by atoms with E-state index in [0.29, 0.717) is 11.3 Å². The third-order valence-electron chi connectivity index (χ3n) is 4.39. The van der Waals surface area contributed by atoms with E-state index in [1.54, 1.807) is 43.3 Å². The molecule has 158 valence electrons. The van der Waals surface area contributed by atoms with Crippen LogP contribution in [0.15, 0.2) is 63.6 Å². The highest BCUT2D eigenvalue weighted by molar-refractivity contribution is 9.10. The Morgan fingerprint density at radius 1 is 1.32 bits per heavy atom. The molecule has 1 unspecified atom stereocenters. The molecule has 2 aromatic carbocycles. The number of esters is 1. The highest BCUT2D eigenvalue weighted by Crippen LogP contribution is 2.42. The van der Waals surface area contributed by atoms with Crippen molar-refractivity contribution in [3.8, 4) is 6.07 Å². The quantitative estimate of drug-likeness (QED) is 0.190. The fraction of sp³-hybridized carbons (Fsp3) is 0.190. The maximum atomic E-state index is 13.3. The molecular weight excluding hydrogens is 486 g/mol. The van der Waals surface area contributed by atoms with Crippen molar-refractivity contribution in [1.82, 2.24) is 0 Å². The van der Waals surface area contributed by atoms with Crippen LogP contribution in [0.2, 0.25) is 0 Å². The fourth-order valence-corrected chi connectivity index (χ4v) is 4.57. The summed E-state index contributed by atoms with van der Waals surface area (Å²) in [5.74, 6) is -1.13. The minimum atomic E-state index is -0.807. The van der Waals surface area contributed by atoms with E-state index in [-0.39, 0.29) is 35.2 Å². The van der Waals surface area contributed by atoms with E-state index in [1.807, 2.05) is 6.07 Å². The van der Waals surface area contributed by atoms with Crippen molar-refractivity contribution >= 4 is 50.9 Å². The molecular formula is C21H16BrN3O5S. The smallest absolute Gasteiger partial charge is 0.351 e. The van der Waals surface area contributed by atoms with Crippen molar-refractivity contribution in [3.63, 3.8) is 0 Å². The molecule has 1 heterocycles. The number of halogens is 1. The van der Waals surface area contributed by atoms with Crippen molar-refractivity contribution in [2.75, 3.05) is 11.5 Å². The van der Waals surface area contributed by atoms with Gasteiger partial charge < -0.3 is 4.74 Å². The number of rotatable bonds is 6. The zero-order chi connectivity index (χ0) is 22.5. The molecule has 0 bridgehead atoms. The number of carbonyl (C=O) groups is 2. The number of carbonyl (C=O) groups excluding carboxylic acids is 2. The first-order chi connectivity index (χ1) is 14.8. The monoisotopic (exact) mass is 501 g/mol. The van der Waals surface area contributed by atoms with Crippen molar-refractivity contribution in [3.05, 3.63) is 79.3 Å². The lowest BCUT2D eigenvalue weighted by molar-refractivity contribution is -0.384. The normalized spacial score (nSPS) is 17.3. The van der Waals surface area contributed by atoms with Gasteiger partial charge in [0.2, 0.25) is 5.91 Å². The van der Waals surface area contributed by atoms with Crippen LogP contribution in [0, 0.1) is 21.4 Å². The molecule has 0 aliphatic carbocycles. The van der Waals surface area contributed by atoms with Gasteiger partial charge in [0.15, 0.2) is 5.57 Å². The molecule has 2 aromatic rings. The summed E-state index contributed by atoms with van der Waals surface area (Å²) in [6.45, 7) is 1.72.